The van der Waals surface area contributed by atoms with E-state index in [9.17, 15) is 0 Å². The monoisotopic (exact) mass is 299 g/mol. The number of benzene rings is 1. The van der Waals surface area contributed by atoms with Crippen LogP contribution in [0, 0.1) is 0 Å². The fraction of sp³-hybridized carbons (Fsp3) is 0. The fourth-order valence-corrected chi connectivity index (χ4v) is 2.05. The minimum Gasteiger partial charge on any atom is -0.283 e. The molecule has 0 saturated heterocycles. The molecule has 0 N–H and O–H groups in total. The number of pyridine rings is 1. The van der Waals surface area contributed by atoms with Gasteiger partial charge in [0.15, 0.2) is 0 Å². The lowest BCUT2D eigenvalue weighted by Crippen LogP contribution is -1.97. The molecule has 4 heteroatoms. The molecule has 2 aromatic heterocycles. The Morgan fingerprint density at radius 2 is 1.78 bits per heavy atom. The normalized spacial score (nSPS) is 10.5. The van der Waals surface area contributed by atoms with Crippen molar-refractivity contribution >= 4 is 15.9 Å². The molecule has 0 aliphatic heterocycles. The Labute approximate surface area is 113 Å². The molecule has 2 heterocycles. The standard InChI is InChI=1S/C14H10BrN3/c15-12-6-7-14(17-8-12)18-10-16-9-13(18)11-4-2-1-3-5-11/h1-10H. The van der Waals surface area contributed by atoms with Gasteiger partial charge < -0.3 is 0 Å². The minimum absolute atomic E-state index is 0.856. The number of rotatable bonds is 2. The van der Waals surface area contributed by atoms with Crippen LogP contribution >= 0.6 is 15.9 Å². The van der Waals surface area contributed by atoms with E-state index in [1.165, 1.54) is 0 Å². The highest BCUT2D eigenvalue weighted by Gasteiger charge is 2.06. The summed E-state index contributed by atoms with van der Waals surface area (Å²) in [4.78, 5) is 8.59. The first-order chi connectivity index (χ1) is 8.84. The van der Waals surface area contributed by atoms with Gasteiger partial charge in [-0.2, -0.15) is 0 Å². The summed E-state index contributed by atoms with van der Waals surface area (Å²) in [6.45, 7) is 0. The van der Waals surface area contributed by atoms with Gasteiger partial charge in [0.05, 0.1) is 11.9 Å². The van der Waals surface area contributed by atoms with Gasteiger partial charge in [-0.15, -0.1) is 0 Å². The van der Waals surface area contributed by atoms with Crippen molar-refractivity contribution in [3.63, 3.8) is 0 Å². The number of aromatic nitrogens is 3. The summed E-state index contributed by atoms with van der Waals surface area (Å²) < 4.78 is 2.94. The zero-order valence-corrected chi connectivity index (χ0v) is 11.1. The highest BCUT2D eigenvalue weighted by atomic mass is 79.9. The van der Waals surface area contributed by atoms with Crippen LogP contribution in [-0.2, 0) is 0 Å². The molecular weight excluding hydrogens is 290 g/mol. The summed E-state index contributed by atoms with van der Waals surface area (Å²) in [7, 11) is 0. The molecule has 0 aliphatic carbocycles. The maximum absolute atomic E-state index is 4.38. The van der Waals surface area contributed by atoms with Crippen molar-refractivity contribution in [2.75, 3.05) is 0 Å². The zero-order valence-electron chi connectivity index (χ0n) is 9.49. The second-order valence-electron chi connectivity index (χ2n) is 3.85. The van der Waals surface area contributed by atoms with E-state index in [4.69, 9.17) is 0 Å². The van der Waals surface area contributed by atoms with Gasteiger partial charge in [0.2, 0.25) is 0 Å². The van der Waals surface area contributed by atoms with E-state index in [0.29, 0.717) is 0 Å². The molecule has 0 atom stereocenters. The Bertz CT molecular complexity index is 644. The molecule has 18 heavy (non-hydrogen) atoms. The summed E-state index contributed by atoms with van der Waals surface area (Å²) in [5.74, 6) is 0.856. The topological polar surface area (TPSA) is 30.7 Å². The van der Waals surface area contributed by atoms with Crippen molar-refractivity contribution in [2.24, 2.45) is 0 Å². The van der Waals surface area contributed by atoms with Crippen LogP contribution in [0.4, 0.5) is 0 Å². The lowest BCUT2D eigenvalue weighted by atomic mass is 10.2. The molecule has 3 aromatic rings. The number of imidazole rings is 1. The molecule has 3 rings (SSSR count). The van der Waals surface area contributed by atoms with Crippen LogP contribution in [0.3, 0.4) is 0 Å². The third-order valence-electron chi connectivity index (χ3n) is 2.67. The van der Waals surface area contributed by atoms with Crippen molar-refractivity contribution < 1.29 is 0 Å². The first kappa shape index (κ1) is 11.2. The molecule has 0 saturated carbocycles. The summed E-state index contributed by atoms with van der Waals surface area (Å²) in [6.07, 6.45) is 5.40. The minimum atomic E-state index is 0.856. The maximum Gasteiger partial charge on any atom is 0.138 e. The molecule has 0 bridgehead atoms. The van der Waals surface area contributed by atoms with E-state index in [1.807, 2.05) is 41.1 Å². The van der Waals surface area contributed by atoms with Crippen LogP contribution in [0.25, 0.3) is 17.1 Å². The first-order valence-electron chi connectivity index (χ1n) is 5.54. The van der Waals surface area contributed by atoms with Crippen LogP contribution in [-0.4, -0.2) is 14.5 Å². The molecule has 1 aromatic carbocycles. The van der Waals surface area contributed by atoms with Crippen LogP contribution in [0.2, 0.25) is 0 Å². The van der Waals surface area contributed by atoms with Gasteiger partial charge in [-0.05, 0) is 28.1 Å². The third kappa shape index (κ3) is 2.07. The molecule has 3 nitrogen and oxygen atoms in total. The van der Waals surface area contributed by atoms with E-state index in [1.54, 1.807) is 12.5 Å². The van der Waals surface area contributed by atoms with E-state index in [-0.39, 0.29) is 0 Å². The van der Waals surface area contributed by atoms with Crippen molar-refractivity contribution in [3.8, 4) is 17.1 Å². The lowest BCUT2D eigenvalue weighted by Gasteiger charge is -2.07. The van der Waals surface area contributed by atoms with Crippen molar-refractivity contribution in [1.29, 1.82) is 0 Å². The van der Waals surface area contributed by atoms with E-state index >= 15 is 0 Å². The zero-order chi connectivity index (χ0) is 12.4. The first-order valence-corrected chi connectivity index (χ1v) is 6.33. The second kappa shape index (κ2) is 4.74. The summed E-state index contributed by atoms with van der Waals surface area (Å²) in [6, 6.07) is 14.1. The average Bonchev–Trinajstić information content (AvgIpc) is 2.90. The molecule has 0 fully saturated rings. The predicted octanol–water partition coefficient (Wildman–Crippen LogP) is 3.70. The summed E-state index contributed by atoms with van der Waals surface area (Å²) in [5.41, 5.74) is 2.16. The molecule has 0 radical (unpaired) electrons. The predicted molar refractivity (Wildman–Crippen MR) is 74.5 cm³/mol. The van der Waals surface area contributed by atoms with Crippen LogP contribution in [0.5, 0.6) is 0 Å². The maximum atomic E-state index is 4.38. The highest BCUT2D eigenvalue weighted by molar-refractivity contribution is 9.10. The molecule has 88 valence electrons. The summed E-state index contributed by atoms with van der Waals surface area (Å²) in [5, 5.41) is 0. The van der Waals surface area contributed by atoms with E-state index < -0.39 is 0 Å². The van der Waals surface area contributed by atoms with Gasteiger partial charge in [-0.3, -0.25) is 4.57 Å². The van der Waals surface area contributed by atoms with Crippen LogP contribution in [0.1, 0.15) is 0 Å². The molecule has 0 amide bonds. The highest BCUT2D eigenvalue weighted by Crippen LogP contribution is 2.21. The van der Waals surface area contributed by atoms with Crippen LogP contribution in [0.15, 0.2) is 65.7 Å². The van der Waals surface area contributed by atoms with Crippen LogP contribution < -0.4 is 0 Å². The quantitative estimate of drug-likeness (QED) is 0.722. The second-order valence-corrected chi connectivity index (χ2v) is 4.77. The van der Waals surface area contributed by atoms with Crippen molar-refractivity contribution in [1.82, 2.24) is 14.5 Å². The van der Waals surface area contributed by atoms with Gasteiger partial charge >= 0.3 is 0 Å². The van der Waals surface area contributed by atoms with E-state index in [2.05, 4.69) is 38.0 Å². The Morgan fingerprint density at radius 1 is 0.944 bits per heavy atom. The van der Waals surface area contributed by atoms with Gasteiger partial charge in [0.1, 0.15) is 12.1 Å². The largest absolute Gasteiger partial charge is 0.283 e. The Hall–Kier alpha value is -1.94. The van der Waals surface area contributed by atoms with E-state index in [0.717, 1.165) is 21.5 Å². The lowest BCUT2D eigenvalue weighted by molar-refractivity contribution is 0.997. The Morgan fingerprint density at radius 3 is 2.50 bits per heavy atom. The Kier molecular flexibility index (Phi) is 2.94. The van der Waals surface area contributed by atoms with Gasteiger partial charge in [0, 0.05) is 16.2 Å². The molecule has 0 aliphatic rings. The number of hydrogen-bond donors (Lipinski definition) is 0. The summed E-state index contributed by atoms with van der Waals surface area (Å²) >= 11 is 3.38. The van der Waals surface area contributed by atoms with Gasteiger partial charge in [-0.1, -0.05) is 30.3 Å². The SMILES string of the molecule is Brc1ccc(-n2cncc2-c2ccccc2)nc1. The fourth-order valence-electron chi connectivity index (χ4n) is 1.81. The number of nitrogens with zero attached hydrogens (tertiary/aromatic N) is 3. The van der Waals surface area contributed by atoms with Gasteiger partial charge in [-0.25, -0.2) is 9.97 Å². The molecule has 0 spiro atoms. The number of halogens is 1. The van der Waals surface area contributed by atoms with Crippen molar-refractivity contribution in [3.05, 3.63) is 65.7 Å². The smallest absolute Gasteiger partial charge is 0.138 e. The van der Waals surface area contributed by atoms with Crippen molar-refractivity contribution in [2.45, 2.75) is 0 Å². The van der Waals surface area contributed by atoms with Gasteiger partial charge in [0.25, 0.3) is 0 Å². The third-order valence-corrected chi connectivity index (χ3v) is 3.14. The Balaban J connectivity index is 2.10. The molecular formula is C14H10BrN3. The number of hydrogen-bond acceptors (Lipinski definition) is 2. The average molecular weight is 300 g/mol. The molecule has 0 unspecified atom stereocenters.